The van der Waals surface area contributed by atoms with Crippen LogP contribution in [0.1, 0.15) is 12.1 Å². The lowest BCUT2D eigenvalue weighted by Gasteiger charge is -2.18. The molecule has 0 amide bonds. The highest BCUT2D eigenvalue weighted by Crippen LogP contribution is 2.29. The molecule has 0 spiro atoms. The van der Waals surface area contributed by atoms with Crippen LogP contribution in [0.25, 0.3) is 0 Å². The van der Waals surface area contributed by atoms with Gasteiger partial charge in [-0.25, -0.2) is 21.8 Å². The van der Waals surface area contributed by atoms with E-state index in [0.717, 1.165) is 11.3 Å². The molecular formula is C9H13ClN2O4S3. The van der Waals surface area contributed by atoms with Gasteiger partial charge in [0.1, 0.15) is 0 Å². The van der Waals surface area contributed by atoms with Crippen molar-refractivity contribution in [3.05, 3.63) is 10.2 Å². The standard InChI is InChI=1S/C9H13ClN2O4S3/c1-7-8(17-9(10)11-7)19(15,16)12-3-2-5-18(13,14)6-4-12/h2-6H2,1H3. The van der Waals surface area contributed by atoms with Gasteiger partial charge < -0.3 is 0 Å². The van der Waals surface area contributed by atoms with Gasteiger partial charge >= 0.3 is 0 Å². The molecule has 2 rings (SSSR count). The summed E-state index contributed by atoms with van der Waals surface area (Å²) < 4.78 is 49.3. The second kappa shape index (κ2) is 5.28. The van der Waals surface area contributed by atoms with E-state index >= 15 is 0 Å². The number of sulfone groups is 1. The first kappa shape index (κ1) is 15.2. The molecule has 6 nitrogen and oxygen atoms in total. The van der Waals surface area contributed by atoms with Crippen LogP contribution in [0.2, 0.25) is 4.47 Å². The predicted molar refractivity (Wildman–Crippen MR) is 73.9 cm³/mol. The van der Waals surface area contributed by atoms with Crippen LogP contribution >= 0.6 is 22.9 Å². The molecular weight excluding hydrogens is 332 g/mol. The number of hydrogen-bond acceptors (Lipinski definition) is 6. The molecule has 1 aliphatic rings. The topological polar surface area (TPSA) is 84.4 Å². The maximum atomic E-state index is 12.4. The highest BCUT2D eigenvalue weighted by molar-refractivity contribution is 7.92. The van der Waals surface area contributed by atoms with Crippen molar-refractivity contribution in [1.82, 2.24) is 9.29 Å². The van der Waals surface area contributed by atoms with Crippen LogP contribution in [0.15, 0.2) is 4.21 Å². The van der Waals surface area contributed by atoms with E-state index in [1.807, 2.05) is 0 Å². The highest BCUT2D eigenvalue weighted by atomic mass is 35.5. The normalized spacial score (nSPS) is 21.2. The van der Waals surface area contributed by atoms with Gasteiger partial charge in [0.05, 0.1) is 17.2 Å². The van der Waals surface area contributed by atoms with E-state index in [-0.39, 0.29) is 33.3 Å². The number of hydrogen-bond donors (Lipinski definition) is 0. The van der Waals surface area contributed by atoms with Crippen molar-refractivity contribution in [2.24, 2.45) is 0 Å². The molecule has 108 valence electrons. The maximum absolute atomic E-state index is 12.4. The summed E-state index contributed by atoms with van der Waals surface area (Å²) in [4.78, 5) is 3.88. The third kappa shape index (κ3) is 3.27. The molecule has 0 N–H and O–H groups in total. The van der Waals surface area contributed by atoms with Gasteiger partial charge in [-0.15, -0.1) is 0 Å². The Kier molecular flexibility index (Phi) is 4.22. The van der Waals surface area contributed by atoms with E-state index in [2.05, 4.69) is 4.98 Å². The van der Waals surface area contributed by atoms with E-state index in [0.29, 0.717) is 12.1 Å². The Balaban J connectivity index is 2.33. The van der Waals surface area contributed by atoms with Gasteiger partial charge in [0, 0.05) is 13.1 Å². The van der Waals surface area contributed by atoms with Crippen molar-refractivity contribution in [2.75, 3.05) is 24.6 Å². The lowest BCUT2D eigenvalue weighted by Crippen LogP contribution is -2.33. The van der Waals surface area contributed by atoms with Gasteiger partial charge in [-0.05, 0) is 13.3 Å². The Labute approximate surface area is 121 Å². The van der Waals surface area contributed by atoms with Crippen LogP contribution in [0.4, 0.5) is 0 Å². The fraction of sp³-hybridized carbons (Fsp3) is 0.667. The summed E-state index contributed by atoms with van der Waals surface area (Å²) in [6, 6.07) is 0. The zero-order valence-electron chi connectivity index (χ0n) is 10.2. The molecule has 0 aromatic carbocycles. The zero-order valence-corrected chi connectivity index (χ0v) is 13.4. The number of aromatic nitrogens is 1. The molecule has 0 radical (unpaired) electrons. The number of thiazole rings is 1. The lowest BCUT2D eigenvalue weighted by molar-refractivity contribution is 0.435. The van der Waals surface area contributed by atoms with Crippen molar-refractivity contribution in [2.45, 2.75) is 17.6 Å². The van der Waals surface area contributed by atoms with Crippen LogP contribution in [-0.2, 0) is 19.9 Å². The Morgan fingerprint density at radius 1 is 1.32 bits per heavy atom. The van der Waals surface area contributed by atoms with Crippen LogP contribution < -0.4 is 0 Å². The van der Waals surface area contributed by atoms with Gasteiger partial charge in [-0.3, -0.25) is 0 Å². The quantitative estimate of drug-likeness (QED) is 0.796. The van der Waals surface area contributed by atoms with Crippen LogP contribution in [0, 0.1) is 6.92 Å². The van der Waals surface area contributed by atoms with E-state index in [1.54, 1.807) is 6.92 Å². The highest BCUT2D eigenvalue weighted by Gasteiger charge is 2.31. The summed E-state index contributed by atoms with van der Waals surface area (Å²) >= 11 is 6.61. The largest absolute Gasteiger partial charge is 0.254 e. The molecule has 1 aromatic heterocycles. The second-order valence-corrected chi connectivity index (χ2v) is 10.3. The first-order valence-electron chi connectivity index (χ1n) is 5.56. The molecule has 10 heteroatoms. The molecule has 2 heterocycles. The van der Waals surface area contributed by atoms with Crippen molar-refractivity contribution in [3.63, 3.8) is 0 Å². The monoisotopic (exact) mass is 344 g/mol. The first-order valence-corrected chi connectivity index (χ1v) is 10.0. The SMILES string of the molecule is Cc1nc(Cl)sc1S(=O)(=O)N1CCCS(=O)(=O)CC1. The van der Waals surface area contributed by atoms with Gasteiger partial charge in [0.25, 0.3) is 10.0 Å². The first-order chi connectivity index (χ1) is 8.72. The number of halogens is 1. The molecule has 1 aliphatic heterocycles. The molecule has 0 atom stereocenters. The molecule has 1 aromatic rings. The van der Waals surface area contributed by atoms with Gasteiger partial charge in [0.2, 0.25) is 0 Å². The van der Waals surface area contributed by atoms with Crippen molar-refractivity contribution in [1.29, 1.82) is 0 Å². The van der Waals surface area contributed by atoms with Crippen molar-refractivity contribution in [3.8, 4) is 0 Å². The molecule has 1 fully saturated rings. The Hall–Kier alpha value is -0.220. The number of sulfonamides is 1. The number of rotatable bonds is 2. The summed E-state index contributed by atoms with van der Waals surface area (Å²) in [6.45, 7) is 1.76. The molecule has 0 saturated carbocycles. The van der Waals surface area contributed by atoms with Crippen LogP contribution in [-0.4, -0.2) is 50.7 Å². The minimum atomic E-state index is -3.70. The van der Waals surface area contributed by atoms with Crippen LogP contribution in [0.3, 0.4) is 0 Å². The number of aryl methyl sites for hydroxylation is 1. The second-order valence-electron chi connectivity index (χ2n) is 4.25. The minimum absolute atomic E-state index is 0.0143. The molecule has 0 aliphatic carbocycles. The zero-order chi connectivity index (χ0) is 14.3. The van der Waals surface area contributed by atoms with Gasteiger partial charge in [-0.1, -0.05) is 22.9 Å². The third-order valence-corrected chi connectivity index (χ3v) is 8.28. The van der Waals surface area contributed by atoms with Crippen molar-refractivity contribution < 1.29 is 16.8 Å². The summed E-state index contributed by atoms with van der Waals surface area (Å²) in [6.07, 6.45) is 0.313. The van der Waals surface area contributed by atoms with E-state index in [9.17, 15) is 16.8 Å². The third-order valence-electron chi connectivity index (χ3n) is 2.82. The van der Waals surface area contributed by atoms with E-state index in [1.165, 1.54) is 4.31 Å². The summed E-state index contributed by atoms with van der Waals surface area (Å²) in [5.74, 6) is -0.112. The average molecular weight is 345 g/mol. The van der Waals surface area contributed by atoms with E-state index in [4.69, 9.17) is 11.6 Å². The summed E-state index contributed by atoms with van der Waals surface area (Å²) in [7, 11) is -6.85. The van der Waals surface area contributed by atoms with E-state index < -0.39 is 19.9 Å². The van der Waals surface area contributed by atoms with Crippen LogP contribution in [0.5, 0.6) is 0 Å². The van der Waals surface area contributed by atoms with Gasteiger partial charge in [-0.2, -0.15) is 4.31 Å². The summed E-state index contributed by atoms with van der Waals surface area (Å²) in [5.41, 5.74) is 0.349. The Morgan fingerprint density at radius 3 is 2.58 bits per heavy atom. The fourth-order valence-corrected chi connectivity index (χ4v) is 6.60. The van der Waals surface area contributed by atoms with Gasteiger partial charge in [0.15, 0.2) is 18.5 Å². The molecule has 0 bridgehead atoms. The molecule has 1 saturated heterocycles. The number of nitrogens with zero attached hydrogens (tertiary/aromatic N) is 2. The average Bonchev–Trinajstić information content (AvgIpc) is 2.52. The Morgan fingerprint density at radius 2 is 2.00 bits per heavy atom. The fourth-order valence-electron chi connectivity index (χ4n) is 1.86. The minimum Gasteiger partial charge on any atom is -0.229 e. The maximum Gasteiger partial charge on any atom is 0.254 e. The Bertz CT molecular complexity index is 680. The lowest BCUT2D eigenvalue weighted by atomic mass is 10.5. The smallest absolute Gasteiger partial charge is 0.229 e. The van der Waals surface area contributed by atoms with Crippen molar-refractivity contribution >= 4 is 42.8 Å². The molecule has 19 heavy (non-hydrogen) atoms. The predicted octanol–water partition coefficient (Wildman–Crippen LogP) is 0.914. The summed E-state index contributed by atoms with van der Waals surface area (Å²) in [5, 5.41) is 0. The molecule has 0 unspecified atom stereocenters.